The molecule has 1 N–H and O–H groups in total. The number of carbonyl (C=O) groups is 1. The Kier molecular flexibility index (Phi) is 3.04. The monoisotopic (exact) mass is 271 g/mol. The largest absolute Gasteiger partial charge is 0.468 e. The summed E-state index contributed by atoms with van der Waals surface area (Å²) in [6.45, 7) is 3.77. The third kappa shape index (κ3) is 2.43. The van der Waals surface area contributed by atoms with Gasteiger partial charge in [-0.15, -0.1) is 0 Å². The van der Waals surface area contributed by atoms with Crippen LogP contribution in [0.25, 0.3) is 0 Å². The van der Waals surface area contributed by atoms with Crippen LogP contribution in [-0.4, -0.2) is 15.9 Å². The Labute approximate surface area is 117 Å². The quantitative estimate of drug-likeness (QED) is 0.928. The van der Waals surface area contributed by atoms with Crippen LogP contribution >= 0.6 is 0 Å². The number of nitrogens with one attached hydrogen (secondary N) is 1. The number of furan rings is 1. The molecule has 1 fully saturated rings. The molecular weight excluding hydrogens is 254 g/mol. The highest BCUT2D eigenvalue weighted by molar-refractivity contribution is 5.95. The minimum atomic E-state index is -0.629. The summed E-state index contributed by atoms with van der Waals surface area (Å²) < 4.78 is 5.44. The number of aromatic nitrogens is 2. The van der Waals surface area contributed by atoms with E-state index < -0.39 is 5.54 Å². The summed E-state index contributed by atoms with van der Waals surface area (Å²) >= 11 is 0. The molecule has 5 heteroatoms. The van der Waals surface area contributed by atoms with Crippen LogP contribution in [0.3, 0.4) is 0 Å². The Bertz CT molecular complexity index is 615. The zero-order valence-electron chi connectivity index (χ0n) is 11.6. The predicted molar refractivity (Wildman–Crippen MR) is 73.2 cm³/mol. The van der Waals surface area contributed by atoms with Crippen LogP contribution in [0.2, 0.25) is 0 Å². The molecule has 2 heterocycles. The Hall–Kier alpha value is -2.17. The third-order valence-corrected chi connectivity index (χ3v) is 3.44. The van der Waals surface area contributed by atoms with Gasteiger partial charge in [-0.1, -0.05) is 0 Å². The summed E-state index contributed by atoms with van der Waals surface area (Å²) in [5.74, 6) is 1.65. The second-order valence-electron chi connectivity index (χ2n) is 5.62. The first-order chi connectivity index (χ1) is 9.58. The smallest absolute Gasteiger partial charge is 0.255 e. The molecule has 1 aliphatic carbocycles. The van der Waals surface area contributed by atoms with Gasteiger partial charge >= 0.3 is 0 Å². The predicted octanol–water partition coefficient (Wildman–Crippen LogP) is 2.61. The maximum Gasteiger partial charge on any atom is 0.255 e. The maximum atomic E-state index is 12.4. The highest BCUT2D eigenvalue weighted by Gasteiger charge is 2.33. The molecule has 0 radical (unpaired) electrons. The Morgan fingerprint density at radius 3 is 2.70 bits per heavy atom. The standard InChI is InChI=1S/C15H17N3O2/c1-15(2,14-16-7-3-8-17-14)18-13(19)11-6-9-20-12(11)10-4-5-10/h3,6-10H,4-5H2,1-2H3,(H,18,19). The van der Waals surface area contributed by atoms with Crippen molar-refractivity contribution in [2.24, 2.45) is 0 Å². The lowest BCUT2D eigenvalue weighted by Crippen LogP contribution is -2.42. The second-order valence-corrected chi connectivity index (χ2v) is 5.62. The summed E-state index contributed by atoms with van der Waals surface area (Å²) in [5.41, 5.74) is -0.00677. The number of hydrogen-bond acceptors (Lipinski definition) is 4. The van der Waals surface area contributed by atoms with Crippen molar-refractivity contribution in [1.29, 1.82) is 0 Å². The van der Waals surface area contributed by atoms with Crippen LogP contribution in [0.4, 0.5) is 0 Å². The van der Waals surface area contributed by atoms with Crippen LogP contribution < -0.4 is 5.32 Å². The molecular formula is C15H17N3O2. The van der Waals surface area contributed by atoms with E-state index in [1.54, 1.807) is 30.8 Å². The third-order valence-electron chi connectivity index (χ3n) is 3.44. The van der Waals surface area contributed by atoms with E-state index in [4.69, 9.17) is 4.42 Å². The van der Waals surface area contributed by atoms with Crippen molar-refractivity contribution in [3.8, 4) is 0 Å². The zero-order valence-corrected chi connectivity index (χ0v) is 11.6. The van der Waals surface area contributed by atoms with E-state index >= 15 is 0 Å². The molecule has 1 amide bonds. The van der Waals surface area contributed by atoms with Crippen molar-refractivity contribution in [1.82, 2.24) is 15.3 Å². The molecule has 3 rings (SSSR count). The minimum Gasteiger partial charge on any atom is -0.468 e. The van der Waals surface area contributed by atoms with Gasteiger partial charge in [0, 0.05) is 18.3 Å². The lowest BCUT2D eigenvalue weighted by Gasteiger charge is -2.24. The maximum absolute atomic E-state index is 12.4. The summed E-state index contributed by atoms with van der Waals surface area (Å²) in [6, 6.07) is 3.48. The molecule has 0 unspecified atom stereocenters. The van der Waals surface area contributed by atoms with Crippen molar-refractivity contribution in [2.45, 2.75) is 38.1 Å². The molecule has 0 saturated heterocycles. The summed E-state index contributed by atoms with van der Waals surface area (Å²) in [5, 5.41) is 2.97. The number of rotatable bonds is 4. The normalized spacial score (nSPS) is 15.1. The van der Waals surface area contributed by atoms with Gasteiger partial charge in [0.1, 0.15) is 5.76 Å². The molecule has 5 nitrogen and oxygen atoms in total. The van der Waals surface area contributed by atoms with Crippen LogP contribution in [0.15, 0.2) is 35.2 Å². The molecule has 20 heavy (non-hydrogen) atoms. The molecule has 104 valence electrons. The van der Waals surface area contributed by atoms with E-state index in [9.17, 15) is 4.79 Å². The first-order valence-electron chi connectivity index (χ1n) is 6.75. The fourth-order valence-electron chi connectivity index (χ4n) is 2.20. The van der Waals surface area contributed by atoms with E-state index in [1.807, 2.05) is 13.8 Å². The van der Waals surface area contributed by atoms with Crippen molar-refractivity contribution in [2.75, 3.05) is 0 Å². The number of amides is 1. The molecule has 1 aliphatic rings. The molecule has 0 aliphatic heterocycles. The van der Waals surface area contributed by atoms with Crippen molar-refractivity contribution in [3.63, 3.8) is 0 Å². The molecule has 0 atom stereocenters. The van der Waals surface area contributed by atoms with Gasteiger partial charge < -0.3 is 9.73 Å². The number of nitrogens with zero attached hydrogens (tertiary/aromatic N) is 2. The molecule has 0 bridgehead atoms. The number of hydrogen-bond donors (Lipinski definition) is 1. The van der Waals surface area contributed by atoms with Crippen LogP contribution in [0.5, 0.6) is 0 Å². The van der Waals surface area contributed by atoms with E-state index in [1.165, 1.54) is 0 Å². The molecule has 1 saturated carbocycles. The van der Waals surface area contributed by atoms with Gasteiger partial charge in [-0.05, 0) is 38.8 Å². The fraction of sp³-hybridized carbons (Fsp3) is 0.400. The number of carbonyl (C=O) groups excluding carboxylic acids is 1. The van der Waals surface area contributed by atoms with Gasteiger partial charge in [-0.25, -0.2) is 9.97 Å². The van der Waals surface area contributed by atoms with Gasteiger partial charge in [-0.2, -0.15) is 0 Å². The Morgan fingerprint density at radius 1 is 1.35 bits per heavy atom. The van der Waals surface area contributed by atoms with Crippen molar-refractivity contribution in [3.05, 3.63) is 47.9 Å². The molecule has 0 spiro atoms. The van der Waals surface area contributed by atoms with E-state index in [2.05, 4.69) is 15.3 Å². The van der Waals surface area contributed by atoms with Gasteiger partial charge in [0.2, 0.25) is 0 Å². The molecule has 2 aromatic rings. The summed E-state index contributed by atoms with van der Waals surface area (Å²) in [6.07, 6.45) is 7.11. The lowest BCUT2D eigenvalue weighted by molar-refractivity contribution is 0.0906. The second kappa shape index (κ2) is 4.74. The van der Waals surface area contributed by atoms with E-state index in [0.29, 0.717) is 17.3 Å². The van der Waals surface area contributed by atoms with Crippen LogP contribution in [0.1, 0.15) is 54.5 Å². The first-order valence-corrected chi connectivity index (χ1v) is 6.75. The highest BCUT2D eigenvalue weighted by atomic mass is 16.3. The first kappa shape index (κ1) is 12.8. The highest BCUT2D eigenvalue weighted by Crippen LogP contribution is 2.42. The Balaban J connectivity index is 1.80. The van der Waals surface area contributed by atoms with Gasteiger partial charge in [0.05, 0.1) is 17.4 Å². The molecule has 2 aromatic heterocycles. The fourth-order valence-corrected chi connectivity index (χ4v) is 2.20. The van der Waals surface area contributed by atoms with Crippen molar-refractivity contribution >= 4 is 5.91 Å². The van der Waals surface area contributed by atoms with Crippen LogP contribution in [0, 0.1) is 0 Å². The summed E-state index contributed by atoms with van der Waals surface area (Å²) in [4.78, 5) is 20.8. The zero-order chi connectivity index (χ0) is 14.2. The van der Waals surface area contributed by atoms with Crippen LogP contribution in [-0.2, 0) is 5.54 Å². The van der Waals surface area contributed by atoms with Gasteiger partial charge in [0.25, 0.3) is 5.91 Å². The summed E-state index contributed by atoms with van der Waals surface area (Å²) in [7, 11) is 0. The van der Waals surface area contributed by atoms with Crippen molar-refractivity contribution < 1.29 is 9.21 Å². The van der Waals surface area contributed by atoms with Gasteiger partial charge in [0.15, 0.2) is 5.82 Å². The Morgan fingerprint density at radius 2 is 2.05 bits per heavy atom. The average Bonchev–Trinajstić information content (AvgIpc) is 3.16. The minimum absolute atomic E-state index is 0.141. The SMILES string of the molecule is CC(C)(NC(=O)c1ccoc1C1CC1)c1ncccn1. The van der Waals surface area contributed by atoms with E-state index in [-0.39, 0.29) is 5.91 Å². The van der Waals surface area contributed by atoms with E-state index in [0.717, 1.165) is 18.6 Å². The molecule has 0 aromatic carbocycles. The lowest BCUT2D eigenvalue weighted by atomic mass is 10.0. The average molecular weight is 271 g/mol. The van der Waals surface area contributed by atoms with Gasteiger partial charge in [-0.3, -0.25) is 4.79 Å². The topological polar surface area (TPSA) is 68.0 Å².